The summed E-state index contributed by atoms with van der Waals surface area (Å²) in [6.45, 7) is 0.596. The Morgan fingerprint density at radius 1 is 1.50 bits per heavy atom. The van der Waals surface area contributed by atoms with Gasteiger partial charge >= 0.3 is 0 Å². The van der Waals surface area contributed by atoms with Crippen molar-refractivity contribution in [1.82, 2.24) is 9.78 Å². The van der Waals surface area contributed by atoms with Gasteiger partial charge in [-0.25, -0.2) is 0 Å². The fourth-order valence-electron chi connectivity index (χ4n) is 1.92. The van der Waals surface area contributed by atoms with Crippen LogP contribution >= 0.6 is 0 Å². The van der Waals surface area contributed by atoms with Gasteiger partial charge < -0.3 is 10.3 Å². The van der Waals surface area contributed by atoms with Crippen molar-refractivity contribution >= 4 is 17.1 Å². The number of rotatable bonds is 5. The summed E-state index contributed by atoms with van der Waals surface area (Å²) in [5, 5.41) is 15.0. The van der Waals surface area contributed by atoms with E-state index >= 15 is 0 Å². The van der Waals surface area contributed by atoms with E-state index in [1.807, 2.05) is 25.2 Å². The molecular formula is C12H16N6O2. The summed E-state index contributed by atoms with van der Waals surface area (Å²) in [7, 11) is 3.69. The minimum Gasteiger partial charge on any atom is -0.370 e. The largest absolute Gasteiger partial charge is 0.370 e. The Labute approximate surface area is 115 Å². The number of nitrogens with one attached hydrogen (secondary N) is 1. The van der Waals surface area contributed by atoms with E-state index in [-0.39, 0.29) is 5.69 Å². The average molecular weight is 276 g/mol. The fraction of sp³-hybridized carbons (Fsp3) is 0.250. The molecule has 20 heavy (non-hydrogen) atoms. The molecule has 2 aromatic rings. The van der Waals surface area contributed by atoms with Gasteiger partial charge in [0.05, 0.1) is 16.8 Å². The molecule has 0 atom stereocenters. The van der Waals surface area contributed by atoms with Crippen LogP contribution < -0.4 is 16.2 Å². The maximum Gasteiger partial charge on any atom is 0.273 e. The van der Waals surface area contributed by atoms with Crippen LogP contribution in [0.5, 0.6) is 0 Å². The van der Waals surface area contributed by atoms with E-state index in [4.69, 9.17) is 5.84 Å². The molecule has 0 radical (unpaired) electrons. The van der Waals surface area contributed by atoms with E-state index in [0.29, 0.717) is 17.9 Å². The predicted molar refractivity (Wildman–Crippen MR) is 76.2 cm³/mol. The number of nitro benzene ring substituents is 1. The minimum absolute atomic E-state index is 0.00603. The minimum atomic E-state index is -0.442. The molecule has 1 heterocycles. The van der Waals surface area contributed by atoms with E-state index in [2.05, 4.69) is 10.5 Å². The smallest absolute Gasteiger partial charge is 0.273 e. The van der Waals surface area contributed by atoms with Crippen molar-refractivity contribution in [1.29, 1.82) is 0 Å². The normalized spacial score (nSPS) is 10.3. The molecule has 1 aromatic carbocycles. The summed E-state index contributed by atoms with van der Waals surface area (Å²) < 4.78 is 1.71. The summed E-state index contributed by atoms with van der Waals surface area (Å²) >= 11 is 0. The van der Waals surface area contributed by atoms with Crippen molar-refractivity contribution in [3.8, 4) is 0 Å². The molecule has 1 aromatic heterocycles. The summed E-state index contributed by atoms with van der Waals surface area (Å²) in [5.74, 6) is 5.34. The van der Waals surface area contributed by atoms with Crippen molar-refractivity contribution < 1.29 is 4.92 Å². The Morgan fingerprint density at radius 2 is 2.25 bits per heavy atom. The molecule has 0 spiro atoms. The monoisotopic (exact) mass is 276 g/mol. The zero-order chi connectivity index (χ0) is 14.7. The summed E-state index contributed by atoms with van der Waals surface area (Å²) in [6.07, 6.45) is 3.66. The van der Waals surface area contributed by atoms with Crippen LogP contribution in [0.3, 0.4) is 0 Å². The third-order valence-corrected chi connectivity index (χ3v) is 2.90. The second kappa shape index (κ2) is 5.57. The van der Waals surface area contributed by atoms with Crippen molar-refractivity contribution in [2.75, 3.05) is 17.4 Å². The van der Waals surface area contributed by atoms with Crippen LogP contribution in [0.4, 0.5) is 17.1 Å². The van der Waals surface area contributed by atoms with Crippen LogP contribution in [0.25, 0.3) is 0 Å². The fourth-order valence-corrected chi connectivity index (χ4v) is 1.92. The number of nitrogens with two attached hydrogens (primary N) is 1. The van der Waals surface area contributed by atoms with Gasteiger partial charge in [0, 0.05) is 50.2 Å². The predicted octanol–water partition coefficient (Wildman–Crippen LogP) is 1.25. The maximum absolute atomic E-state index is 10.9. The molecule has 3 N–H and O–H groups in total. The second-order valence-electron chi connectivity index (χ2n) is 4.52. The van der Waals surface area contributed by atoms with E-state index in [9.17, 15) is 10.1 Å². The molecular weight excluding hydrogens is 260 g/mol. The zero-order valence-electron chi connectivity index (χ0n) is 11.3. The molecule has 0 aliphatic carbocycles. The highest BCUT2D eigenvalue weighted by Crippen LogP contribution is 2.26. The SMILES string of the molecule is CN(Cc1cnn(C)c1)c1cc(NN)cc([N+](=O)[O-])c1. The van der Waals surface area contributed by atoms with E-state index in [1.54, 1.807) is 16.9 Å². The lowest BCUT2D eigenvalue weighted by Gasteiger charge is -2.19. The highest BCUT2D eigenvalue weighted by Gasteiger charge is 2.12. The number of anilines is 2. The number of aromatic nitrogens is 2. The Balaban J connectivity index is 2.26. The quantitative estimate of drug-likeness (QED) is 0.484. The van der Waals surface area contributed by atoms with Gasteiger partial charge in [0.1, 0.15) is 0 Å². The second-order valence-corrected chi connectivity index (χ2v) is 4.52. The van der Waals surface area contributed by atoms with Gasteiger partial charge in [0.2, 0.25) is 0 Å². The van der Waals surface area contributed by atoms with Gasteiger partial charge in [-0.15, -0.1) is 0 Å². The van der Waals surface area contributed by atoms with Crippen LogP contribution in [-0.4, -0.2) is 21.8 Å². The first kappa shape index (κ1) is 13.8. The Hall–Kier alpha value is -2.61. The average Bonchev–Trinajstić information content (AvgIpc) is 2.83. The number of hydrogen-bond acceptors (Lipinski definition) is 6. The summed E-state index contributed by atoms with van der Waals surface area (Å²) in [4.78, 5) is 12.4. The van der Waals surface area contributed by atoms with E-state index in [0.717, 1.165) is 5.56 Å². The Bertz CT molecular complexity index is 624. The van der Waals surface area contributed by atoms with E-state index in [1.165, 1.54) is 12.1 Å². The number of nitrogen functional groups attached to an aromatic ring is 1. The van der Waals surface area contributed by atoms with Crippen LogP contribution in [-0.2, 0) is 13.6 Å². The van der Waals surface area contributed by atoms with Gasteiger partial charge in [0.15, 0.2) is 0 Å². The number of nitro groups is 1. The molecule has 0 saturated carbocycles. The van der Waals surface area contributed by atoms with Crippen molar-refractivity contribution in [3.63, 3.8) is 0 Å². The van der Waals surface area contributed by atoms with Crippen molar-refractivity contribution in [2.24, 2.45) is 12.9 Å². The van der Waals surface area contributed by atoms with Crippen molar-refractivity contribution in [2.45, 2.75) is 6.54 Å². The number of hydrazine groups is 1. The first-order valence-corrected chi connectivity index (χ1v) is 5.94. The summed E-state index contributed by atoms with van der Waals surface area (Å²) in [5.41, 5.74) is 4.65. The standard InChI is InChI=1S/C12H16N6O2/c1-16(7-9-6-14-17(2)8-9)11-3-10(15-13)4-12(5-11)18(19)20/h3-6,8,15H,7,13H2,1-2H3. The first-order valence-electron chi connectivity index (χ1n) is 5.94. The zero-order valence-corrected chi connectivity index (χ0v) is 11.3. The van der Waals surface area contributed by atoms with Crippen LogP contribution in [0, 0.1) is 10.1 Å². The van der Waals surface area contributed by atoms with Gasteiger partial charge in [0.25, 0.3) is 5.69 Å². The van der Waals surface area contributed by atoms with Crippen molar-refractivity contribution in [3.05, 3.63) is 46.3 Å². The lowest BCUT2D eigenvalue weighted by molar-refractivity contribution is -0.384. The molecule has 0 fully saturated rings. The molecule has 8 nitrogen and oxygen atoms in total. The van der Waals surface area contributed by atoms with Gasteiger partial charge in [-0.1, -0.05) is 0 Å². The molecule has 0 aliphatic heterocycles. The Kier molecular flexibility index (Phi) is 3.85. The molecule has 106 valence electrons. The number of aryl methyl sites for hydroxylation is 1. The lowest BCUT2D eigenvalue weighted by atomic mass is 10.2. The molecule has 0 amide bonds. The molecule has 2 rings (SSSR count). The number of hydrogen-bond donors (Lipinski definition) is 2. The third kappa shape index (κ3) is 3.04. The van der Waals surface area contributed by atoms with Crippen LogP contribution in [0.15, 0.2) is 30.6 Å². The number of benzene rings is 1. The number of non-ortho nitro benzene ring substituents is 1. The lowest BCUT2D eigenvalue weighted by Crippen LogP contribution is -2.17. The molecule has 0 bridgehead atoms. The highest BCUT2D eigenvalue weighted by molar-refractivity contribution is 5.64. The molecule has 0 aliphatic rings. The number of nitrogens with zero attached hydrogens (tertiary/aromatic N) is 4. The topological polar surface area (TPSA) is 102 Å². The highest BCUT2D eigenvalue weighted by atomic mass is 16.6. The molecule has 0 saturated heterocycles. The van der Waals surface area contributed by atoms with Gasteiger partial charge in [-0.05, 0) is 6.07 Å². The van der Waals surface area contributed by atoms with Crippen LogP contribution in [0.1, 0.15) is 5.56 Å². The van der Waals surface area contributed by atoms with Gasteiger partial charge in [-0.3, -0.25) is 20.6 Å². The summed E-state index contributed by atoms with van der Waals surface area (Å²) in [6, 6.07) is 4.65. The third-order valence-electron chi connectivity index (χ3n) is 2.90. The molecule has 0 unspecified atom stereocenters. The molecule has 8 heteroatoms. The Morgan fingerprint density at radius 3 is 2.80 bits per heavy atom. The first-order chi connectivity index (χ1) is 9.49. The maximum atomic E-state index is 10.9. The van der Waals surface area contributed by atoms with Crippen LogP contribution in [0.2, 0.25) is 0 Å². The van der Waals surface area contributed by atoms with Gasteiger partial charge in [-0.2, -0.15) is 5.10 Å². The van der Waals surface area contributed by atoms with E-state index < -0.39 is 4.92 Å².